The van der Waals surface area contributed by atoms with Gasteiger partial charge in [-0.05, 0) is 231 Å². The summed E-state index contributed by atoms with van der Waals surface area (Å²) in [5, 5.41) is 12.6. The van der Waals surface area contributed by atoms with Crippen molar-refractivity contribution in [2.45, 2.75) is 133 Å². The molecule has 18 heteroatoms. The molecule has 4 unspecified atom stereocenters. The summed E-state index contributed by atoms with van der Waals surface area (Å²) in [6.07, 6.45) is 13.0. The minimum atomic E-state index is -0.659. The molecule has 0 saturated carbocycles. The Morgan fingerprint density at radius 2 is 0.631 bits per heavy atom. The first kappa shape index (κ1) is 79.2. The topological polar surface area (TPSA) is 151 Å². The van der Waals surface area contributed by atoms with Crippen LogP contribution in [0.15, 0.2) is 218 Å². The molecule has 8 aromatic rings. The van der Waals surface area contributed by atoms with Crippen LogP contribution in [-0.4, -0.2) is 192 Å². The number of ether oxygens (including phenoxy) is 3. The van der Waals surface area contributed by atoms with Crippen LogP contribution < -0.4 is 5.32 Å². The molecule has 8 aromatic carbocycles. The van der Waals surface area contributed by atoms with Crippen LogP contribution in [-0.2, 0) is 39.9 Å². The molecular weight excluding hydrogens is 1430 g/mol. The van der Waals surface area contributed by atoms with Gasteiger partial charge in [-0.15, -0.1) is 0 Å². The Morgan fingerprint density at radius 1 is 0.333 bits per heavy atom. The van der Waals surface area contributed by atoms with Crippen LogP contribution in [0.4, 0.5) is 19.2 Å². The summed E-state index contributed by atoms with van der Waals surface area (Å²) in [7, 11) is 0. The molecule has 0 aliphatic carbocycles. The molecule has 8 atom stereocenters. The van der Waals surface area contributed by atoms with Gasteiger partial charge in [0, 0.05) is 64.0 Å². The number of amides is 3. The maximum absolute atomic E-state index is 13.2. The lowest BCUT2D eigenvalue weighted by atomic mass is 9.86. The molecule has 12 saturated heterocycles. The van der Waals surface area contributed by atoms with E-state index >= 15 is 0 Å². The monoisotopic (exact) mass is 1540 g/mol. The zero-order chi connectivity index (χ0) is 75.3. The number of rotatable bonds is 7. The van der Waals surface area contributed by atoms with Crippen molar-refractivity contribution in [1.29, 1.82) is 0 Å². The van der Waals surface area contributed by atoms with Crippen LogP contribution in [0.3, 0.4) is 0 Å². The lowest BCUT2D eigenvalue weighted by Crippen LogP contribution is -2.53. The number of carbonyl (C=O) groups is 4. The lowest BCUT2D eigenvalue weighted by molar-refractivity contribution is -0.0465. The first-order valence-corrected chi connectivity index (χ1v) is 41.3. The Morgan fingerprint density at radius 3 is 0.946 bits per heavy atom. The van der Waals surface area contributed by atoms with Gasteiger partial charge in [0.25, 0.3) is 0 Å². The number of hydrogen-bond acceptors (Lipinski definition) is 13. The fraction of sp³-hybridized carbons (Fsp3) is 0.441. The molecule has 2 N–H and O–H groups in total. The molecule has 111 heavy (non-hydrogen) atoms. The van der Waals surface area contributed by atoms with Crippen LogP contribution in [0, 0.1) is 23.7 Å². The highest BCUT2D eigenvalue weighted by atomic mass is 35.5. The number of fused-ring (bicyclic) bond motifs is 16. The highest BCUT2D eigenvalue weighted by Crippen LogP contribution is 2.41. The van der Waals surface area contributed by atoms with E-state index in [2.05, 4.69) is 164 Å². The summed E-state index contributed by atoms with van der Waals surface area (Å²) >= 11 is 10.9. The quantitative estimate of drug-likeness (QED) is 0.0886. The molecule has 12 fully saturated rings. The van der Waals surface area contributed by atoms with Gasteiger partial charge in [-0.2, -0.15) is 0 Å². The average molecular weight is 1540 g/mol. The van der Waals surface area contributed by atoms with Crippen LogP contribution in [0.1, 0.15) is 150 Å². The molecule has 0 aromatic heterocycles. The number of halogens is 2. The Kier molecular flexibility index (Phi) is 27.1. The second kappa shape index (κ2) is 37.9. The first-order chi connectivity index (χ1) is 53.9. The van der Waals surface area contributed by atoms with E-state index in [0.29, 0.717) is 49.3 Å². The average Bonchev–Trinajstić information content (AvgIpc) is 0.780. The van der Waals surface area contributed by atoms with Crippen LogP contribution >= 0.6 is 23.2 Å². The SMILES string of the molecule is C.O=C(Cl)N1CCc2ccccc2[C@@H]1c1ccccc1.O=C(Cl)OC1CN2CCC1CC2.O=C(OC1CN2CCC1CC2)N1CCc2ccccc2[C@@H]1c1ccccc1.O=C(OC1CN2CCC1CC2)N1CCc2ccccc2[C@@H]1c1ccccc1.OC1CN2CCC1CC2.c1ccc([C@@H]2NCCc3ccccc32)cc1. The second-order valence-electron chi connectivity index (χ2n) is 31.7. The normalized spacial score (nSPS) is 28.4. The van der Waals surface area contributed by atoms with Crippen molar-refractivity contribution in [3.8, 4) is 0 Å². The van der Waals surface area contributed by atoms with Gasteiger partial charge < -0.3 is 34.4 Å². The summed E-state index contributed by atoms with van der Waals surface area (Å²) in [6.45, 7) is 16.1. The van der Waals surface area contributed by atoms with E-state index in [1.54, 1.807) is 4.90 Å². The van der Waals surface area contributed by atoms with E-state index in [1.807, 2.05) is 88.7 Å². The Bertz CT molecular complexity index is 4190. The molecule has 8 bridgehead atoms. The van der Waals surface area contributed by atoms with Crippen LogP contribution in [0.25, 0.3) is 0 Å². The van der Waals surface area contributed by atoms with Crippen molar-refractivity contribution in [3.63, 3.8) is 0 Å². The van der Waals surface area contributed by atoms with E-state index in [0.717, 1.165) is 153 Å². The van der Waals surface area contributed by atoms with Gasteiger partial charge in [0.2, 0.25) is 0 Å². The first-order valence-electron chi connectivity index (χ1n) is 40.5. The third-order valence-electron chi connectivity index (χ3n) is 25.3. The van der Waals surface area contributed by atoms with E-state index in [9.17, 15) is 24.3 Å². The number of carbonyl (C=O) groups excluding carboxylic acids is 4. The predicted molar refractivity (Wildman–Crippen MR) is 439 cm³/mol. The summed E-state index contributed by atoms with van der Waals surface area (Å²) in [5.74, 6) is 2.25. The van der Waals surface area contributed by atoms with Gasteiger partial charge >= 0.3 is 23.0 Å². The van der Waals surface area contributed by atoms with E-state index < -0.39 is 5.43 Å². The minimum Gasteiger partial charge on any atom is -0.449 e. The fourth-order valence-electron chi connectivity index (χ4n) is 19.3. The zero-order valence-corrected chi connectivity index (χ0v) is 64.7. The highest BCUT2D eigenvalue weighted by molar-refractivity contribution is 6.63. The molecule has 0 radical (unpaired) electrons. The Balaban J connectivity index is 0.000000115. The number of benzene rings is 8. The highest BCUT2D eigenvalue weighted by Gasteiger charge is 2.43. The number of aliphatic hydroxyl groups excluding tert-OH is 1. The van der Waals surface area contributed by atoms with Gasteiger partial charge in [0.1, 0.15) is 18.3 Å². The molecule has 3 amide bonds. The molecule has 16 aliphatic rings. The van der Waals surface area contributed by atoms with Crippen molar-refractivity contribution in [2.75, 3.05) is 105 Å². The third-order valence-corrected chi connectivity index (χ3v) is 25.6. The van der Waals surface area contributed by atoms with Gasteiger partial charge in [-0.25, -0.2) is 14.4 Å². The molecular formula is C93H110Cl2N8O8. The van der Waals surface area contributed by atoms with Crippen LogP contribution in [0.2, 0.25) is 0 Å². The summed E-state index contributed by atoms with van der Waals surface area (Å²) in [4.78, 5) is 63.8. The fourth-order valence-corrected chi connectivity index (χ4v) is 19.6. The second-order valence-corrected chi connectivity index (χ2v) is 32.4. The van der Waals surface area contributed by atoms with Crippen molar-refractivity contribution in [3.05, 3.63) is 285 Å². The number of hydrogen-bond donors (Lipinski definition) is 2. The molecule has 24 rings (SSSR count). The summed E-state index contributed by atoms with van der Waals surface area (Å²) in [5.41, 5.74) is 14.6. The molecule has 16 heterocycles. The van der Waals surface area contributed by atoms with Crippen molar-refractivity contribution >= 4 is 46.2 Å². The van der Waals surface area contributed by atoms with Gasteiger partial charge in [0.15, 0.2) is 0 Å². The number of nitrogens with one attached hydrogen (secondary N) is 1. The standard InChI is InChI=1S/2C23H26N2O2.C16H14ClNO.C15H15N.C8H12ClNO2.C7H13NO.CH4/c2*26-23(27-21-16-24-13-10-18(21)11-14-24)25-15-12-17-6-4-5-9-20(17)22(25)19-7-2-1-3-8-19;17-16(19)18-11-10-12-6-4-5-9-14(12)15(18)13-7-2-1-3-8-13;1-2-7-13(8-3-1)15-14-9-5-4-6-12(14)10-11-16-15;9-8(11)12-7-5-10-3-1-6(7)2-4-10;9-7-5-8-3-1-6(7)2-4-8;/h2*1-9,18,21-22H,10-16H2;1-9,15H,10-11H2;1-9,15-16H,10-11H2;6-7H,1-5H2;6-7,9H,1-5H2;1H4/t2*21?,22-;2*15-;;;/m0000.../s1. The predicted octanol–water partition coefficient (Wildman–Crippen LogP) is 16.8. The Hall–Kier alpha value is -8.42. The van der Waals surface area contributed by atoms with E-state index in [-0.39, 0.29) is 67.5 Å². The smallest absolute Gasteiger partial charge is 0.410 e. The number of aliphatic hydroxyl groups is 1. The number of nitrogens with zero attached hydrogens (tertiary/aromatic N) is 7. The maximum atomic E-state index is 13.2. The molecule has 16 aliphatic heterocycles. The Labute approximate surface area is 666 Å². The van der Waals surface area contributed by atoms with E-state index in [1.165, 1.54) is 76.0 Å². The minimum absolute atomic E-state index is 0. The summed E-state index contributed by atoms with van der Waals surface area (Å²) in [6, 6.07) is 75.5. The lowest BCUT2D eigenvalue weighted by Gasteiger charge is -2.45. The number of piperidine rings is 12. The van der Waals surface area contributed by atoms with E-state index in [4.69, 9.17) is 37.4 Å². The van der Waals surface area contributed by atoms with Gasteiger partial charge in [-0.1, -0.05) is 226 Å². The molecule has 16 nitrogen and oxygen atoms in total. The van der Waals surface area contributed by atoms with Gasteiger partial charge in [0.05, 0.1) is 30.3 Å². The van der Waals surface area contributed by atoms with Crippen molar-refractivity contribution in [2.24, 2.45) is 23.7 Å². The van der Waals surface area contributed by atoms with Crippen LogP contribution in [0.5, 0.6) is 0 Å². The third kappa shape index (κ3) is 19.3. The van der Waals surface area contributed by atoms with Gasteiger partial charge in [-0.3, -0.25) is 29.3 Å². The molecule has 584 valence electrons. The van der Waals surface area contributed by atoms with Crippen molar-refractivity contribution < 1.29 is 38.5 Å². The largest absolute Gasteiger partial charge is 0.449 e. The molecule has 0 spiro atoms. The zero-order valence-electron chi connectivity index (χ0n) is 63.2. The van der Waals surface area contributed by atoms with Crippen molar-refractivity contribution in [1.82, 2.24) is 39.6 Å². The maximum Gasteiger partial charge on any atom is 0.410 e. The summed E-state index contributed by atoms with van der Waals surface area (Å²) < 4.78 is 17.2.